The van der Waals surface area contributed by atoms with E-state index in [1.807, 2.05) is 0 Å². The lowest BCUT2D eigenvalue weighted by molar-refractivity contribution is 0.292. The first kappa shape index (κ1) is 16.4. The summed E-state index contributed by atoms with van der Waals surface area (Å²) in [5, 5.41) is 14.3. The van der Waals surface area contributed by atoms with Gasteiger partial charge in [0.2, 0.25) is 0 Å². The van der Waals surface area contributed by atoms with Gasteiger partial charge in [-0.25, -0.2) is 8.78 Å². The fourth-order valence-electron chi connectivity index (χ4n) is 2.81. The fourth-order valence-corrected chi connectivity index (χ4v) is 3.28. The molecule has 122 valence electrons. The molecule has 0 fully saturated rings. The molecule has 1 aromatic heterocycles. The number of allylic oxidation sites excluding steroid dienone is 1. The molecule has 0 bridgehead atoms. The van der Waals surface area contributed by atoms with E-state index in [1.165, 1.54) is 4.68 Å². The van der Waals surface area contributed by atoms with Crippen molar-refractivity contribution in [3.05, 3.63) is 57.1 Å². The van der Waals surface area contributed by atoms with E-state index in [9.17, 15) is 8.78 Å². The molecule has 1 aliphatic rings. The Labute approximate surface area is 142 Å². The van der Waals surface area contributed by atoms with Crippen LogP contribution in [0.4, 0.5) is 8.78 Å². The molecular formula is C16H14Cl2F2N2O. The first-order chi connectivity index (χ1) is 11.0. The SMILES string of the molecule is OC/C(F)=C1/c2c(cnn2Cc2ccc(Cl)cc2Cl)CCC1F. The van der Waals surface area contributed by atoms with Crippen molar-refractivity contribution >= 4 is 28.8 Å². The van der Waals surface area contributed by atoms with Crippen molar-refractivity contribution in [3.8, 4) is 0 Å². The maximum absolute atomic E-state index is 14.2. The van der Waals surface area contributed by atoms with Crippen LogP contribution >= 0.6 is 23.2 Å². The third-order valence-electron chi connectivity index (χ3n) is 3.92. The maximum Gasteiger partial charge on any atom is 0.134 e. The number of aliphatic hydroxyl groups is 1. The highest BCUT2D eigenvalue weighted by Crippen LogP contribution is 2.36. The number of benzene rings is 1. The minimum Gasteiger partial charge on any atom is -0.389 e. The highest BCUT2D eigenvalue weighted by atomic mass is 35.5. The van der Waals surface area contributed by atoms with Crippen LogP contribution in [0, 0.1) is 0 Å². The van der Waals surface area contributed by atoms with Crippen molar-refractivity contribution in [1.29, 1.82) is 0 Å². The highest BCUT2D eigenvalue weighted by Gasteiger charge is 2.30. The van der Waals surface area contributed by atoms with Crippen molar-refractivity contribution in [2.75, 3.05) is 6.61 Å². The Kier molecular flexibility index (Phi) is 4.71. The normalized spacial score (nSPS) is 19.6. The molecule has 0 aliphatic heterocycles. The lowest BCUT2D eigenvalue weighted by Gasteiger charge is -2.22. The van der Waals surface area contributed by atoms with Gasteiger partial charge < -0.3 is 5.11 Å². The average molecular weight is 359 g/mol. The van der Waals surface area contributed by atoms with Crippen LogP contribution in [0.1, 0.15) is 23.2 Å². The number of aryl methyl sites for hydroxylation is 1. The zero-order valence-corrected chi connectivity index (χ0v) is 13.6. The molecule has 2 aromatic rings. The number of aliphatic hydroxyl groups excluding tert-OH is 1. The van der Waals surface area contributed by atoms with E-state index in [-0.39, 0.29) is 18.5 Å². The predicted octanol–water partition coefficient (Wildman–Crippen LogP) is 4.20. The number of rotatable bonds is 3. The summed E-state index contributed by atoms with van der Waals surface area (Å²) in [6.07, 6.45) is 0.817. The van der Waals surface area contributed by atoms with E-state index in [1.54, 1.807) is 24.4 Å². The van der Waals surface area contributed by atoms with E-state index in [0.29, 0.717) is 22.2 Å². The molecule has 0 radical (unpaired) electrons. The molecule has 3 rings (SSSR count). The Hall–Kier alpha value is -1.43. The third-order valence-corrected chi connectivity index (χ3v) is 4.50. The number of aromatic nitrogens is 2. The van der Waals surface area contributed by atoms with Gasteiger partial charge in [-0.05, 0) is 36.1 Å². The van der Waals surface area contributed by atoms with Gasteiger partial charge in [0.25, 0.3) is 0 Å². The summed E-state index contributed by atoms with van der Waals surface area (Å²) in [7, 11) is 0. The topological polar surface area (TPSA) is 38.1 Å². The van der Waals surface area contributed by atoms with Gasteiger partial charge in [0.05, 0.1) is 25.0 Å². The van der Waals surface area contributed by atoms with Gasteiger partial charge in [0.1, 0.15) is 12.0 Å². The molecule has 0 amide bonds. The second-order valence-corrected chi connectivity index (χ2v) is 6.24. The molecule has 1 N–H and O–H groups in total. The van der Waals surface area contributed by atoms with Gasteiger partial charge in [0.15, 0.2) is 0 Å². The van der Waals surface area contributed by atoms with Gasteiger partial charge in [-0.1, -0.05) is 29.3 Å². The summed E-state index contributed by atoms with van der Waals surface area (Å²) in [4.78, 5) is 0. The van der Waals surface area contributed by atoms with E-state index < -0.39 is 18.6 Å². The number of hydrogen-bond donors (Lipinski definition) is 1. The molecule has 1 heterocycles. The lowest BCUT2D eigenvalue weighted by atomic mass is 9.90. The van der Waals surface area contributed by atoms with E-state index in [0.717, 1.165) is 11.1 Å². The Bertz CT molecular complexity index is 773. The molecule has 1 aromatic carbocycles. The zero-order chi connectivity index (χ0) is 16.6. The standard InChI is InChI=1S/C16H14Cl2F2N2O/c17-11-3-1-10(12(18)5-11)7-22-16-9(6-21-22)2-4-13(19)15(16)14(20)8-23/h1,3,5-6,13,23H,2,4,7-8H2/b15-14-. The molecule has 3 nitrogen and oxygen atoms in total. The first-order valence-corrected chi connectivity index (χ1v) is 7.89. The maximum atomic E-state index is 14.2. The smallest absolute Gasteiger partial charge is 0.134 e. The van der Waals surface area contributed by atoms with Crippen molar-refractivity contribution in [2.24, 2.45) is 0 Å². The lowest BCUT2D eigenvalue weighted by Crippen LogP contribution is -2.19. The van der Waals surface area contributed by atoms with Crippen molar-refractivity contribution in [3.63, 3.8) is 0 Å². The summed E-state index contributed by atoms with van der Waals surface area (Å²) in [5.41, 5.74) is 1.78. The first-order valence-electron chi connectivity index (χ1n) is 7.13. The van der Waals surface area contributed by atoms with Crippen LogP contribution in [0.2, 0.25) is 10.0 Å². The number of halogens is 4. The van der Waals surface area contributed by atoms with Crippen LogP contribution in [0.3, 0.4) is 0 Å². The van der Waals surface area contributed by atoms with Crippen LogP contribution in [0.5, 0.6) is 0 Å². The van der Waals surface area contributed by atoms with E-state index in [4.69, 9.17) is 28.3 Å². The van der Waals surface area contributed by atoms with Crippen molar-refractivity contribution in [1.82, 2.24) is 9.78 Å². The quantitative estimate of drug-likeness (QED) is 0.892. The summed E-state index contributed by atoms with van der Waals surface area (Å²) in [6, 6.07) is 5.05. The van der Waals surface area contributed by atoms with Gasteiger partial charge in [-0.2, -0.15) is 5.10 Å². The monoisotopic (exact) mass is 358 g/mol. The number of nitrogens with zero attached hydrogens (tertiary/aromatic N) is 2. The summed E-state index contributed by atoms with van der Waals surface area (Å²) in [6.45, 7) is -0.567. The van der Waals surface area contributed by atoms with Gasteiger partial charge >= 0.3 is 0 Å². The van der Waals surface area contributed by atoms with Crippen LogP contribution < -0.4 is 0 Å². The van der Waals surface area contributed by atoms with Gasteiger partial charge in [-0.3, -0.25) is 4.68 Å². The minimum atomic E-state index is -1.45. The second kappa shape index (κ2) is 6.59. The average Bonchev–Trinajstić information content (AvgIpc) is 2.92. The predicted molar refractivity (Wildman–Crippen MR) is 86.1 cm³/mol. The summed E-state index contributed by atoms with van der Waals surface area (Å²) < 4.78 is 29.7. The van der Waals surface area contributed by atoms with Crippen LogP contribution in [-0.4, -0.2) is 27.7 Å². The van der Waals surface area contributed by atoms with Gasteiger partial charge in [0, 0.05) is 15.6 Å². The third kappa shape index (κ3) is 3.13. The summed E-state index contributed by atoms with van der Waals surface area (Å²) in [5.74, 6) is -0.859. The van der Waals surface area contributed by atoms with E-state index in [2.05, 4.69) is 5.10 Å². The molecule has 0 spiro atoms. The van der Waals surface area contributed by atoms with Gasteiger partial charge in [-0.15, -0.1) is 0 Å². The Morgan fingerprint density at radius 3 is 2.87 bits per heavy atom. The highest BCUT2D eigenvalue weighted by molar-refractivity contribution is 6.35. The van der Waals surface area contributed by atoms with Crippen LogP contribution in [0.15, 0.2) is 30.2 Å². The molecule has 1 unspecified atom stereocenters. The van der Waals surface area contributed by atoms with Crippen LogP contribution in [0.25, 0.3) is 5.57 Å². The number of hydrogen-bond acceptors (Lipinski definition) is 2. The molecular weight excluding hydrogens is 345 g/mol. The second-order valence-electron chi connectivity index (χ2n) is 5.39. The molecule has 23 heavy (non-hydrogen) atoms. The molecule has 7 heteroatoms. The Balaban J connectivity index is 2.05. The van der Waals surface area contributed by atoms with Crippen molar-refractivity contribution < 1.29 is 13.9 Å². The Morgan fingerprint density at radius 1 is 1.39 bits per heavy atom. The Morgan fingerprint density at radius 2 is 2.17 bits per heavy atom. The summed E-state index contributed by atoms with van der Waals surface area (Å²) >= 11 is 12.0. The zero-order valence-electron chi connectivity index (χ0n) is 12.1. The van der Waals surface area contributed by atoms with E-state index >= 15 is 0 Å². The molecule has 0 saturated heterocycles. The fraction of sp³-hybridized carbons (Fsp3) is 0.312. The number of alkyl halides is 1. The molecule has 0 saturated carbocycles. The number of fused-ring (bicyclic) bond motifs is 1. The van der Waals surface area contributed by atoms with Crippen LogP contribution in [-0.2, 0) is 13.0 Å². The molecule has 1 atom stereocenters. The largest absolute Gasteiger partial charge is 0.389 e. The minimum absolute atomic E-state index is 0.115. The molecule has 1 aliphatic carbocycles. The van der Waals surface area contributed by atoms with Crippen molar-refractivity contribution in [2.45, 2.75) is 25.6 Å².